The highest BCUT2D eigenvalue weighted by molar-refractivity contribution is 5.69. The van der Waals surface area contributed by atoms with Crippen molar-refractivity contribution in [1.29, 1.82) is 0 Å². The number of phenols is 1. The van der Waals surface area contributed by atoms with E-state index in [4.69, 9.17) is 5.11 Å². The molecule has 0 bridgehead atoms. The summed E-state index contributed by atoms with van der Waals surface area (Å²) < 4.78 is 17.2. The second-order valence-electron chi connectivity index (χ2n) is 2.21. The van der Waals surface area contributed by atoms with Crippen LogP contribution in [0.4, 0.5) is 4.39 Å². The summed E-state index contributed by atoms with van der Waals surface area (Å²) in [6.07, 6.45) is 0. The summed E-state index contributed by atoms with van der Waals surface area (Å²) in [7, 11) is 0. The van der Waals surface area contributed by atoms with Crippen LogP contribution in [0.15, 0.2) is 18.2 Å². The fraction of sp³-hybridized carbons (Fsp3) is 0.125. The molecule has 1 aromatic carbocycles. The average Bonchev–Trinajstić information content (AvgIpc) is 1.94. The normalized spacial score (nSPS) is 9.50. The van der Waals surface area contributed by atoms with Crippen LogP contribution in [-0.4, -0.2) is 11.1 Å². The zero-order chi connectivity index (χ0) is 9.14. The van der Waals surface area contributed by atoms with Crippen molar-refractivity contribution in [2.75, 3.05) is 0 Å². The molecule has 1 rings (SSSR count). The first-order valence-electron chi connectivity index (χ1n) is 3.26. The number of benzene rings is 1. The molecule has 0 unspecified atom stereocenters. The van der Waals surface area contributed by atoms with Gasteiger partial charge in [-0.1, -0.05) is 0 Å². The smallest absolute Gasteiger partial charge is 0.308 e. The van der Waals surface area contributed by atoms with E-state index >= 15 is 0 Å². The molecule has 0 atom stereocenters. The van der Waals surface area contributed by atoms with Crippen LogP contribution >= 0.6 is 0 Å². The van der Waals surface area contributed by atoms with Crippen LogP contribution in [0.5, 0.6) is 11.5 Å². The van der Waals surface area contributed by atoms with Gasteiger partial charge in [0, 0.05) is 13.0 Å². The van der Waals surface area contributed by atoms with E-state index in [2.05, 4.69) is 4.74 Å². The van der Waals surface area contributed by atoms with Gasteiger partial charge in [0.2, 0.25) is 0 Å². The molecular weight excluding hydrogens is 163 g/mol. The van der Waals surface area contributed by atoms with Crippen molar-refractivity contribution in [3.63, 3.8) is 0 Å². The highest BCUT2D eigenvalue weighted by Crippen LogP contribution is 2.21. The molecule has 0 spiro atoms. The summed E-state index contributed by atoms with van der Waals surface area (Å²) in [6, 6.07) is 3.30. The first kappa shape index (κ1) is 8.52. The minimum absolute atomic E-state index is 0.180. The number of aromatic hydroxyl groups is 1. The Bertz CT molecular complexity index is 309. The van der Waals surface area contributed by atoms with E-state index in [0.29, 0.717) is 0 Å². The minimum atomic E-state index is -0.759. The molecule has 0 fully saturated rings. The van der Waals surface area contributed by atoms with E-state index < -0.39 is 11.8 Å². The third-order valence-corrected chi connectivity index (χ3v) is 1.17. The summed E-state index contributed by atoms with van der Waals surface area (Å²) >= 11 is 0. The molecule has 4 heteroatoms. The van der Waals surface area contributed by atoms with Crippen molar-refractivity contribution in [2.24, 2.45) is 0 Å². The first-order chi connectivity index (χ1) is 5.59. The van der Waals surface area contributed by atoms with Gasteiger partial charge in [0.1, 0.15) is 5.75 Å². The summed E-state index contributed by atoms with van der Waals surface area (Å²) in [4.78, 5) is 10.4. The molecule has 0 aliphatic carbocycles. The van der Waals surface area contributed by atoms with E-state index in [1.165, 1.54) is 19.1 Å². The lowest BCUT2D eigenvalue weighted by Gasteiger charge is -2.01. The number of phenolic OH excluding ortho intramolecular Hbond substituents is 1. The summed E-state index contributed by atoms with van der Waals surface area (Å²) in [5, 5.41) is 8.79. The molecule has 0 amide bonds. The molecule has 64 valence electrons. The summed E-state index contributed by atoms with van der Waals surface area (Å²) in [5.41, 5.74) is 0. The van der Waals surface area contributed by atoms with Crippen molar-refractivity contribution < 1.29 is 19.0 Å². The van der Waals surface area contributed by atoms with Gasteiger partial charge in [0.25, 0.3) is 0 Å². The van der Waals surface area contributed by atoms with E-state index in [0.717, 1.165) is 6.07 Å². The highest BCUT2D eigenvalue weighted by atomic mass is 19.1. The van der Waals surface area contributed by atoms with Crippen molar-refractivity contribution in [2.45, 2.75) is 6.92 Å². The Labute approximate surface area is 68.4 Å². The predicted octanol–water partition coefficient (Wildman–Crippen LogP) is 1.46. The quantitative estimate of drug-likeness (QED) is 0.512. The van der Waals surface area contributed by atoms with Crippen molar-refractivity contribution in [3.05, 3.63) is 24.0 Å². The second kappa shape index (κ2) is 3.21. The maximum Gasteiger partial charge on any atom is 0.308 e. The number of carbonyl (C=O) groups excluding carboxylic acids is 1. The molecule has 0 radical (unpaired) electrons. The molecule has 0 saturated heterocycles. The minimum Gasteiger partial charge on any atom is -0.508 e. The van der Waals surface area contributed by atoms with Gasteiger partial charge in [-0.15, -0.1) is 0 Å². The van der Waals surface area contributed by atoms with Gasteiger partial charge in [-0.25, -0.2) is 4.39 Å². The number of halogens is 1. The first-order valence-corrected chi connectivity index (χ1v) is 3.26. The SMILES string of the molecule is CC(=O)Oc1ccc(O)cc1F. The highest BCUT2D eigenvalue weighted by Gasteiger charge is 2.05. The Morgan fingerprint density at radius 2 is 2.25 bits per heavy atom. The third kappa shape index (κ3) is 1.95. The van der Waals surface area contributed by atoms with E-state index in [-0.39, 0.29) is 11.5 Å². The van der Waals surface area contributed by atoms with Gasteiger partial charge >= 0.3 is 5.97 Å². The Morgan fingerprint density at radius 3 is 2.75 bits per heavy atom. The third-order valence-electron chi connectivity index (χ3n) is 1.17. The van der Waals surface area contributed by atoms with Crippen LogP contribution in [0.25, 0.3) is 0 Å². The number of carbonyl (C=O) groups is 1. The molecular formula is C8H7FO3. The fourth-order valence-corrected chi connectivity index (χ4v) is 0.727. The van der Waals surface area contributed by atoms with E-state index in [9.17, 15) is 9.18 Å². The molecule has 0 saturated carbocycles. The fourth-order valence-electron chi connectivity index (χ4n) is 0.727. The zero-order valence-electron chi connectivity index (χ0n) is 6.37. The van der Waals surface area contributed by atoms with Crippen LogP contribution in [0.2, 0.25) is 0 Å². The standard InChI is InChI=1S/C8H7FO3/c1-5(10)12-8-3-2-6(11)4-7(8)9/h2-4,11H,1H3. The van der Waals surface area contributed by atoms with Gasteiger partial charge in [0.05, 0.1) is 0 Å². The van der Waals surface area contributed by atoms with Crippen molar-refractivity contribution >= 4 is 5.97 Å². The molecule has 12 heavy (non-hydrogen) atoms. The average molecular weight is 170 g/mol. The van der Waals surface area contributed by atoms with Crippen molar-refractivity contribution in [3.8, 4) is 11.5 Å². The zero-order valence-corrected chi connectivity index (χ0v) is 6.37. The predicted molar refractivity (Wildman–Crippen MR) is 39.4 cm³/mol. The van der Waals surface area contributed by atoms with Gasteiger partial charge in [-0.05, 0) is 12.1 Å². The van der Waals surface area contributed by atoms with Gasteiger partial charge in [0.15, 0.2) is 11.6 Å². The van der Waals surface area contributed by atoms with E-state index in [1.807, 2.05) is 0 Å². The van der Waals surface area contributed by atoms with Crippen LogP contribution in [0.1, 0.15) is 6.92 Å². The van der Waals surface area contributed by atoms with E-state index in [1.54, 1.807) is 0 Å². The topological polar surface area (TPSA) is 46.5 Å². The largest absolute Gasteiger partial charge is 0.508 e. The van der Waals surface area contributed by atoms with Crippen molar-refractivity contribution in [1.82, 2.24) is 0 Å². The Kier molecular flexibility index (Phi) is 2.28. The van der Waals surface area contributed by atoms with Gasteiger partial charge in [-0.3, -0.25) is 4.79 Å². The molecule has 0 heterocycles. The monoisotopic (exact) mass is 170 g/mol. The molecule has 3 nitrogen and oxygen atoms in total. The summed E-state index contributed by atoms with van der Waals surface area (Å²) in [5.74, 6) is -1.74. The maximum absolute atomic E-state index is 12.8. The lowest BCUT2D eigenvalue weighted by atomic mass is 10.3. The number of esters is 1. The van der Waals surface area contributed by atoms with Gasteiger partial charge < -0.3 is 9.84 Å². The molecule has 1 aromatic rings. The Balaban J connectivity index is 2.93. The summed E-state index contributed by atoms with van der Waals surface area (Å²) in [6.45, 7) is 1.17. The molecule has 0 aromatic heterocycles. The van der Waals surface area contributed by atoms with Crippen LogP contribution in [0.3, 0.4) is 0 Å². The Morgan fingerprint density at radius 1 is 1.58 bits per heavy atom. The Hall–Kier alpha value is -1.58. The maximum atomic E-state index is 12.8. The molecule has 0 aliphatic heterocycles. The number of rotatable bonds is 1. The number of hydrogen-bond donors (Lipinski definition) is 1. The number of hydrogen-bond acceptors (Lipinski definition) is 3. The number of ether oxygens (including phenoxy) is 1. The second-order valence-corrected chi connectivity index (χ2v) is 2.21. The lowest BCUT2D eigenvalue weighted by molar-refractivity contribution is -0.132. The van der Waals surface area contributed by atoms with Crippen LogP contribution < -0.4 is 4.74 Å². The van der Waals surface area contributed by atoms with Crippen LogP contribution in [-0.2, 0) is 4.79 Å². The van der Waals surface area contributed by atoms with Gasteiger partial charge in [-0.2, -0.15) is 0 Å². The van der Waals surface area contributed by atoms with Crippen LogP contribution in [0, 0.1) is 5.82 Å². The lowest BCUT2D eigenvalue weighted by Crippen LogP contribution is -2.02. The molecule has 0 aliphatic rings. The molecule has 1 N–H and O–H groups in total.